The number of halogens is 1. The van der Waals surface area contributed by atoms with Crippen LogP contribution in [-0.2, 0) is 6.54 Å². The predicted molar refractivity (Wildman–Crippen MR) is 116 cm³/mol. The summed E-state index contributed by atoms with van der Waals surface area (Å²) >= 11 is 0. The standard InChI is InChI=1S/C23H30FN5O/c24-19-6-4-18(5-7-19)17-27-13-8-20(9-14-27)28-11-2-12-29(16-15-28)21-3-1-10-26-22(21)23(25)30/h1,3-7,10,20H,2,8-9,11-17H2,(H2,25,30). The average Bonchev–Trinajstić information content (AvgIpc) is 3.02. The van der Waals surface area contributed by atoms with Gasteiger partial charge in [-0.1, -0.05) is 12.1 Å². The molecule has 30 heavy (non-hydrogen) atoms. The van der Waals surface area contributed by atoms with Gasteiger partial charge in [0.1, 0.15) is 5.82 Å². The van der Waals surface area contributed by atoms with Crippen LogP contribution in [0.5, 0.6) is 0 Å². The van der Waals surface area contributed by atoms with Gasteiger partial charge in [0.15, 0.2) is 5.69 Å². The molecule has 0 unspecified atom stereocenters. The Kier molecular flexibility index (Phi) is 6.59. The van der Waals surface area contributed by atoms with Gasteiger partial charge in [0.2, 0.25) is 0 Å². The lowest BCUT2D eigenvalue weighted by Gasteiger charge is -2.38. The van der Waals surface area contributed by atoms with Gasteiger partial charge in [0, 0.05) is 45.0 Å². The summed E-state index contributed by atoms with van der Waals surface area (Å²) in [5.74, 6) is -0.651. The van der Waals surface area contributed by atoms with E-state index in [0.717, 1.165) is 70.8 Å². The van der Waals surface area contributed by atoms with Crippen LogP contribution >= 0.6 is 0 Å². The molecule has 6 nitrogen and oxygen atoms in total. The van der Waals surface area contributed by atoms with Crippen molar-refractivity contribution in [1.82, 2.24) is 14.8 Å². The Bertz CT molecular complexity index is 851. The SMILES string of the molecule is NC(=O)c1ncccc1N1CCCN(C2CCN(Cc3ccc(F)cc3)CC2)CC1. The number of pyridine rings is 1. The van der Waals surface area contributed by atoms with Gasteiger partial charge in [-0.25, -0.2) is 9.37 Å². The first-order chi connectivity index (χ1) is 14.6. The molecule has 160 valence electrons. The number of nitrogens with two attached hydrogens (primary N) is 1. The summed E-state index contributed by atoms with van der Waals surface area (Å²) in [5.41, 5.74) is 7.90. The Hall–Kier alpha value is -2.51. The third-order valence-electron chi connectivity index (χ3n) is 6.28. The normalized spacial score (nSPS) is 19.6. The van der Waals surface area contributed by atoms with Crippen molar-refractivity contribution < 1.29 is 9.18 Å². The highest BCUT2D eigenvalue weighted by Gasteiger charge is 2.27. The Balaban J connectivity index is 1.30. The molecule has 0 aliphatic carbocycles. The Labute approximate surface area is 177 Å². The van der Waals surface area contributed by atoms with Crippen LogP contribution in [0.1, 0.15) is 35.3 Å². The molecule has 0 bridgehead atoms. The van der Waals surface area contributed by atoms with Crippen LogP contribution in [0.15, 0.2) is 42.6 Å². The fourth-order valence-corrected chi connectivity index (χ4v) is 4.68. The van der Waals surface area contributed by atoms with Gasteiger partial charge in [-0.2, -0.15) is 0 Å². The summed E-state index contributed by atoms with van der Waals surface area (Å²) in [5, 5.41) is 0. The van der Waals surface area contributed by atoms with E-state index in [2.05, 4.69) is 19.7 Å². The molecule has 0 saturated carbocycles. The highest BCUT2D eigenvalue weighted by atomic mass is 19.1. The van der Waals surface area contributed by atoms with E-state index in [9.17, 15) is 9.18 Å². The molecule has 1 amide bonds. The topological polar surface area (TPSA) is 65.7 Å². The van der Waals surface area contributed by atoms with Crippen LogP contribution in [0.3, 0.4) is 0 Å². The monoisotopic (exact) mass is 411 g/mol. The Morgan fingerprint density at radius 3 is 2.53 bits per heavy atom. The molecule has 2 aliphatic heterocycles. The van der Waals surface area contributed by atoms with Crippen molar-refractivity contribution in [1.29, 1.82) is 0 Å². The fraction of sp³-hybridized carbons (Fsp3) is 0.478. The molecular formula is C23H30FN5O. The van der Waals surface area contributed by atoms with Crippen molar-refractivity contribution in [2.24, 2.45) is 5.73 Å². The summed E-state index contributed by atoms with van der Waals surface area (Å²) in [7, 11) is 0. The number of rotatable bonds is 5. The van der Waals surface area contributed by atoms with Crippen LogP contribution in [0.25, 0.3) is 0 Å². The maximum atomic E-state index is 13.1. The van der Waals surface area contributed by atoms with Crippen LogP contribution in [0.4, 0.5) is 10.1 Å². The number of carbonyl (C=O) groups is 1. The molecule has 0 radical (unpaired) electrons. The number of piperidine rings is 1. The number of carbonyl (C=O) groups excluding carboxylic acids is 1. The van der Waals surface area contributed by atoms with E-state index in [1.54, 1.807) is 6.20 Å². The van der Waals surface area contributed by atoms with Gasteiger partial charge in [0.25, 0.3) is 5.91 Å². The Morgan fingerprint density at radius 2 is 1.80 bits per heavy atom. The number of benzene rings is 1. The molecule has 4 rings (SSSR count). The maximum Gasteiger partial charge on any atom is 0.269 e. The molecule has 7 heteroatoms. The summed E-state index contributed by atoms with van der Waals surface area (Å²) < 4.78 is 13.1. The number of nitrogens with zero attached hydrogens (tertiary/aromatic N) is 4. The number of aromatic nitrogens is 1. The van der Waals surface area contributed by atoms with Gasteiger partial charge >= 0.3 is 0 Å². The number of amides is 1. The quantitative estimate of drug-likeness (QED) is 0.819. The van der Waals surface area contributed by atoms with E-state index >= 15 is 0 Å². The molecule has 2 aliphatic rings. The van der Waals surface area contributed by atoms with E-state index in [1.807, 2.05) is 24.3 Å². The molecule has 3 heterocycles. The van der Waals surface area contributed by atoms with Gasteiger partial charge in [-0.15, -0.1) is 0 Å². The second-order valence-corrected chi connectivity index (χ2v) is 8.25. The van der Waals surface area contributed by atoms with E-state index < -0.39 is 5.91 Å². The minimum absolute atomic E-state index is 0.179. The number of anilines is 1. The molecule has 1 aromatic carbocycles. The summed E-state index contributed by atoms with van der Waals surface area (Å²) in [6, 6.07) is 11.2. The zero-order valence-corrected chi connectivity index (χ0v) is 17.3. The van der Waals surface area contributed by atoms with E-state index in [0.29, 0.717) is 11.7 Å². The molecule has 1 aromatic heterocycles. The van der Waals surface area contributed by atoms with E-state index in [1.165, 1.54) is 17.7 Å². The van der Waals surface area contributed by atoms with Crippen molar-refractivity contribution in [2.45, 2.75) is 31.8 Å². The average molecular weight is 412 g/mol. The number of hydrogen-bond acceptors (Lipinski definition) is 5. The first-order valence-corrected chi connectivity index (χ1v) is 10.8. The summed E-state index contributed by atoms with van der Waals surface area (Å²) in [6.45, 7) is 6.86. The van der Waals surface area contributed by atoms with E-state index in [-0.39, 0.29) is 5.82 Å². The molecule has 0 atom stereocenters. The first-order valence-electron chi connectivity index (χ1n) is 10.8. The molecule has 2 N–H and O–H groups in total. The van der Waals surface area contributed by atoms with Gasteiger partial charge in [-0.3, -0.25) is 14.6 Å². The number of likely N-dealkylation sites (tertiary alicyclic amines) is 1. The van der Waals surface area contributed by atoms with Crippen LogP contribution < -0.4 is 10.6 Å². The zero-order valence-electron chi connectivity index (χ0n) is 17.3. The van der Waals surface area contributed by atoms with Gasteiger partial charge in [0.05, 0.1) is 5.69 Å². The lowest BCUT2D eigenvalue weighted by atomic mass is 10.0. The second kappa shape index (κ2) is 9.53. The Morgan fingerprint density at radius 1 is 1.03 bits per heavy atom. The minimum Gasteiger partial charge on any atom is -0.368 e. The number of hydrogen-bond donors (Lipinski definition) is 1. The van der Waals surface area contributed by atoms with Crippen molar-refractivity contribution in [3.05, 3.63) is 59.7 Å². The van der Waals surface area contributed by atoms with E-state index in [4.69, 9.17) is 5.73 Å². The minimum atomic E-state index is -0.472. The number of primary amides is 1. The summed E-state index contributed by atoms with van der Waals surface area (Å²) in [6.07, 6.45) is 4.98. The van der Waals surface area contributed by atoms with Crippen LogP contribution in [0.2, 0.25) is 0 Å². The highest BCUT2D eigenvalue weighted by Crippen LogP contribution is 2.23. The molecular weight excluding hydrogens is 381 g/mol. The molecule has 0 spiro atoms. The third-order valence-corrected chi connectivity index (χ3v) is 6.28. The lowest BCUT2D eigenvalue weighted by Crippen LogP contribution is -2.46. The van der Waals surface area contributed by atoms with Crippen LogP contribution in [0, 0.1) is 5.82 Å². The fourth-order valence-electron chi connectivity index (χ4n) is 4.68. The highest BCUT2D eigenvalue weighted by molar-refractivity contribution is 5.96. The van der Waals surface area contributed by atoms with Crippen molar-refractivity contribution in [3.8, 4) is 0 Å². The van der Waals surface area contributed by atoms with Gasteiger partial charge < -0.3 is 10.6 Å². The van der Waals surface area contributed by atoms with Crippen LogP contribution in [-0.4, -0.2) is 66.0 Å². The van der Waals surface area contributed by atoms with Crippen molar-refractivity contribution >= 4 is 11.6 Å². The smallest absolute Gasteiger partial charge is 0.269 e. The van der Waals surface area contributed by atoms with Gasteiger partial charge in [-0.05, 0) is 62.2 Å². The molecule has 2 fully saturated rings. The molecule has 2 aromatic rings. The molecule has 2 saturated heterocycles. The predicted octanol–water partition coefficient (Wildman–Crippen LogP) is 2.50. The zero-order chi connectivity index (χ0) is 20.9. The second-order valence-electron chi connectivity index (χ2n) is 8.25. The maximum absolute atomic E-state index is 13.1. The van der Waals surface area contributed by atoms with Crippen molar-refractivity contribution in [3.63, 3.8) is 0 Å². The third kappa shape index (κ3) is 4.96. The lowest BCUT2D eigenvalue weighted by molar-refractivity contribution is 0.0996. The largest absolute Gasteiger partial charge is 0.368 e. The van der Waals surface area contributed by atoms with Crippen molar-refractivity contribution in [2.75, 3.05) is 44.2 Å². The first kappa shape index (κ1) is 20.8. The summed E-state index contributed by atoms with van der Waals surface area (Å²) in [4.78, 5) is 23.2.